The first-order chi connectivity index (χ1) is 10.1. The molecule has 0 unspecified atom stereocenters. The van der Waals surface area contributed by atoms with Gasteiger partial charge in [-0.15, -0.1) is 11.3 Å². The summed E-state index contributed by atoms with van der Waals surface area (Å²) in [5.74, 6) is 0. The highest BCUT2D eigenvalue weighted by molar-refractivity contribution is 7.17. The second-order valence-electron chi connectivity index (χ2n) is 5.36. The number of fused-ring (bicyclic) bond motifs is 3. The van der Waals surface area contributed by atoms with Gasteiger partial charge >= 0.3 is 0 Å². The summed E-state index contributed by atoms with van der Waals surface area (Å²) in [6, 6.07) is 5.29. The summed E-state index contributed by atoms with van der Waals surface area (Å²) in [4.78, 5) is 17.8. The minimum atomic E-state index is -0.338. The molecule has 21 heavy (non-hydrogen) atoms. The van der Waals surface area contributed by atoms with Crippen LogP contribution in [0.3, 0.4) is 0 Å². The Kier molecular flexibility index (Phi) is 2.62. The van der Waals surface area contributed by atoms with Crippen LogP contribution in [0.25, 0.3) is 16.2 Å². The van der Waals surface area contributed by atoms with Crippen molar-refractivity contribution in [3.05, 3.63) is 50.6 Å². The van der Waals surface area contributed by atoms with E-state index in [9.17, 15) is 10.1 Å². The predicted octanol–water partition coefficient (Wildman–Crippen LogP) is 3.77. The third kappa shape index (κ3) is 1.86. The molecule has 1 aromatic carbocycles. The largest absolute Gasteiger partial charge is 0.294 e. The highest BCUT2D eigenvalue weighted by Crippen LogP contribution is 2.33. The van der Waals surface area contributed by atoms with Crippen LogP contribution in [-0.2, 0) is 12.8 Å². The van der Waals surface area contributed by atoms with Gasteiger partial charge in [-0.2, -0.15) is 0 Å². The molecule has 1 aliphatic carbocycles. The molecule has 106 valence electrons. The van der Waals surface area contributed by atoms with Gasteiger partial charge in [0.25, 0.3) is 5.69 Å². The summed E-state index contributed by atoms with van der Waals surface area (Å²) in [6.45, 7) is 1.75. The Labute approximate surface area is 125 Å². The maximum atomic E-state index is 11.1. The standard InChI is InChI=1S/C15H13N3O2S/c1-9-5-6-10(7-13(9)18(19)20)11-8-17-12-3-2-4-14(12)21-15(17)16-11/h5-8H,2-4H2,1H3. The van der Waals surface area contributed by atoms with Gasteiger partial charge in [0.15, 0.2) is 4.96 Å². The summed E-state index contributed by atoms with van der Waals surface area (Å²) < 4.78 is 2.15. The van der Waals surface area contributed by atoms with Gasteiger partial charge in [-0.3, -0.25) is 14.5 Å². The predicted molar refractivity (Wildman–Crippen MR) is 81.9 cm³/mol. The highest BCUT2D eigenvalue weighted by Gasteiger charge is 2.20. The fourth-order valence-electron chi connectivity index (χ4n) is 2.91. The average molecular weight is 299 g/mol. The maximum absolute atomic E-state index is 11.1. The van der Waals surface area contributed by atoms with Gasteiger partial charge < -0.3 is 0 Å². The molecule has 0 amide bonds. The zero-order chi connectivity index (χ0) is 14.6. The van der Waals surface area contributed by atoms with Gasteiger partial charge in [-0.05, 0) is 26.2 Å². The molecule has 0 aliphatic heterocycles. The van der Waals surface area contributed by atoms with Crippen LogP contribution in [0, 0.1) is 17.0 Å². The first-order valence-electron chi connectivity index (χ1n) is 6.88. The number of nitrogens with zero attached hydrogens (tertiary/aromatic N) is 3. The van der Waals surface area contributed by atoms with Crippen molar-refractivity contribution in [2.24, 2.45) is 0 Å². The van der Waals surface area contributed by atoms with Crippen LogP contribution in [0.5, 0.6) is 0 Å². The van der Waals surface area contributed by atoms with Crippen LogP contribution in [0.4, 0.5) is 5.69 Å². The van der Waals surface area contributed by atoms with Crippen LogP contribution >= 0.6 is 11.3 Å². The van der Waals surface area contributed by atoms with E-state index >= 15 is 0 Å². The molecule has 0 atom stereocenters. The molecule has 0 fully saturated rings. The minimum Gasteiger partial charge on any atom is -0.294 e. The molecular formula is C15H13N3O2S. The third-order valence-electron chi connectivity index (χ3n) is 4.02. The van der Waals surface area contributed by atoms with E-state index in [1.807, 2.05) is 12.3 Å². The van der Waals surface area contributed by atoms with Crippen molar-refractivity contribution in [2.45, 2.75) is 26.2 Å². The SMILES string of the molecule is Cc1ccc(-c2cn3c4c(sc3n2)CCC4)cc1[N+](=O)[O-]. The van der Waals surface area contributed by atoms with E-state index in [0.717, 1.165) is 29.1 Å². The van der Waals surface area contributed by atoms with Crippen molar-refractivity contribution in [1.29, 1.82) is 0 Å². The molecule has 5 nitrogen and oxygen atoms in total. The number of hydrogen-bond donors (Lipinski definition) is 0. The Balaban J connectivity index is 1.85. The maximum Gasteiger partial charge on any atom is 0.272 e. The van der Waals surface area contributed by atoms with E-state index < -0.39 is 0 Å². The average Bonchev–Trinajstić information content (AvgIpc) is 3.10. The Morgan fingerprint density at radius 2 is 2.24 bits per heavy atom. The number of aryl methyl sites for hydroxylation is 3. The van der Waals surface area contributed by atoms with Crippen molar-refractivity contribution in [3.8, 4) is 11.3 Å². The summed E-state index contributed by atoms with van der Waals surface area (Å²) in [5, 5.41) is 11.1. The summed E-state index contributed by atoms with van der Waals surface area (Å²) in [5.41, 5.74) is 3.78. The smallest absolute Gasteiger partial charge is 0.272 e. The summed E-state index contributed by atoms with van der Waals surface area (Å²) >= 11 is 1.73. The van der Waals surface area contributed by atoms with Crippen LogP contribution in [0.1, 0.15) is 22.6 Å². The fourth-order valence-corrected chi connectivity index (χ4v) is 4.10. The Morgan fingerprint density at radius 3 is 3.05 bits per heavy atom. The van der Waals surface area contributed by atoms with Gasteiger partial charge in [0.05, 0.1) is 10.6 Å². The van der Waals surface area contributed by atoms with Crippen molar-refractivity contribution in [2.75, 3.05) is 0 Å². The van der Waals surface area contributed by atoms with Crippen molar-refractivity contribution >= 4 is 22.0 Å². The van der Waals surface area contributed by atoms with Gasteiger partial charge in [0, 0.05) is 34.0 Å². The second kappa shape index (κ2) is 4.39. The van der Waals surface area contributed by atoms with E-state index in [-0.39, 0.29) is 10.6 Å². The fraction of sp³-hybridized carbons (Fsp3) is 0.267. The topological polar surface area (TPSA) is 60.4 Å². The first kappa shape index (κ1) is 12.5. The molecule has 0 saturated heterocycles. The quantitative estimate of drug-likeness (QED) is 0.534. The molecule has 0 saturated carbocycles. The lowest BCUT2D eigenvalue weighted by Gasteiger charge is -2.00. The zero-order valence-electron chi connectivity index (χ0n) is 11.5. The van der Waals surface area contributed by atoms with Crippen molar-refractivity contribution in [1.82, 2.24) is 9.38 Å². The number of benzene rings is 1. The summed E-state index contributed by atoms with van der Waals surface area (Å²) in [6.07, 6.45) is 5.46. The lowest BCUT2D eigenvalue weighted by Crippen LogP contribution is -1.92. The molecule has 0 bridgehead atoms. The van der Waals surface area contributed by atoms with Crippen molar-refractivity contribution in [3.63, 3.8) is 0 Å². The number of hydrogen-bond acceptors (Lipinski definition) is 4. The molecule has 2 heterocycles. The molecule has 1 aliphatic rings. The second-order valence-corrected chi connectivity index (χ2v) is 6.42. The van der Waals surface area contributed by atoms with Crippen LogP contribution in [-0.4, -0.2) is 14.3 Å². The normalized spacial score (nSPS) is 13.8. The Morgan fingerprint density at radius 1 is 1.38 bits per heavy atom. The molecule has 0 spiro atoms. The molecule has 6 heteroatoms. The monoisotopic (exact) mass is 299 g/mol. The number of rotatable bonds is 2. The third-order valence-corrected chi connectivity index (χ3v) is 5.18. The van der Waals surface area contributed by atoms with Crippen molar-refractivity contribution < 1.29 is 4.92 Å². The number of nitro groups is 1. The highest BCUT2D eigenvalue weighted by atomic mass is 32.1. The molecule has 4 rings (SSSR count). The number of aromatic nitrogens is 2. The lowest BCUT2D eigenvalue weighted by molar-refractivity contribution is -0.385. The van der Waals surface area contributed by atoms with Crippen LogP contribution in [0.2, 0.25) is 0 Å². The number of nitro benzene ring substituents is 1. The molecule has 0 N–H and O–H groups in total. The first-order valence-corrected chi connectivity index (χ1v) is 7.70. The zero-order valence-corrected chi connectivity index (χ0v) is 12.3. The summed E-state index contributed by atoms with van der Waals surface area (Å²) in [7, 11) is 0. The van der Waals surface area contributed by atoms with E-state index in [2.05, 4.69) is 9.38 Å². The molecule has 2 aromatic heterocycles. The Bertz CT molecular complexity index is 879. The van der Waals surface area contributed by atoms with E-state index in [4.69, 9.17) is 0 Å². The van der Waals surface area contributed by atoms with Crippen LogP contribution < -0.4 is 0 Å². The lowest BCUT2D eigenvalue weighted by atomic mass is 10.1. The number of thiazole rings is 1. The Hall–Kier alpha value is -2.21. The van der Waals surface area contributed by atoms with Gasteiger partial charge in [-0.1, -0.05) is 12.1 Å². The van der Waals surface area contributed by atoms with Crippen LogP contribution in [0.15, 0.2) is 24.4 Å². The van der Waals surface area contributed by atoms with E-state index in [1.54, 1.807) is 30.4 Å². The molecular weight excluding hydrogens is 286 g/mol. The van der Waals surface area contributed by atoms with Gasteiger partial charge in [0.2, 0.25) is 0 Å². The molecule has 3 aromatic rings. The molecule has 0 radical (unpaired) electrons. The van der Waals surface area contributed by atoms with Gasteiger partial charge in [-0.25, -0.2) is 4.98 Å². The van der Waals surface area contributed by atoms with E-state index in [0.29, 0.717) is 5.56 Å². The van der Waals surface area contributed by atoms with E-state index in [1.165, 1.54) is 17.0 Å². The number of imidazole rings is 1. The minimum absolute atomic E-state index is 0.147. The van der Waals surface area contributed by atoms with Gasteiger partial charge in [0.1, 0.15) is 0 Å².